The summed E-state index contributed by atoms with van der Waals surface area (Å²) in [6.07, 6.45) is 3.03. The van der Waals surface area contributed by atoms with E-state index in [0.717, 1.165) is 70.6 Å². The van der Waals surface area contributed by atoms with Gasteiger partial charge in [0.05, 0.1) is 6.54 Å². The molecule has 2 fully saturated rings. The van der Waals surface area contributed by atoms with Crippen LogP contribution in [0.1, 0.15) is 31.4 Å². The predicted octanol–water partition coefficient (Wildman–Crippen LogP) is 2.87. The second kappa shape index (κ2) is 11.4. The fourth-order valence-corrected chi connectivity index (χ4v) is 4.58. The Kier molecular flexibility index (Phi) is 8.05. The third-order valence-corrected chi connectivity index (χ3v) is 6.65. The highest BCUT2D eigenvalue weighted by Crippen LogP contribution is 2.21. The second-order valence-electron chi connectivity index (χ2n) is 9.05. The number of pyridine rings is 1. The average molecular weight is 450 g/mol. The maximum atomic E-state index is 4.89. The van der Waals surface area contributed by atoms with Crippen LogP contribution in [0.25, 0.3) is 0 Å². The summed E-state index contributed by atoms with van der Waals surface area (Å²) in [7, 11) is 0. The topological polar surface area (TPSA) is 59.0 Å². The third kappa shape index (κ3) is 6.38. The van der Waals surface area contributed by atoms with E-state index in [2.05, 4.69) is 87.5 Å². The molecule has 2 aliphatic rings. The summed E-state index contributed by atoms with van der Waals surface area (Å²) in [6.45, 7) is 15.5. The van der Waals surface area contributed by atoms with Crippen molar-refractivity contribution in [2.45, 2.75) is 39.8 Å². The number of guanidine groups is 1. The Hall–Kier alpha value is -2.80. The Morgan fingerprint density at radius 2 is 1.82 bits per heavy atom. The molecule has 2 saturated heterocycles. The van der Waals surface area contributed by atoms with Gasteiger partial charge in [0.1, 0.15) is 5.82 Å². The van der Waals surface area contributed by atoms with E-state index in [4.69, 9.17) is 4.99 Å². The third-order valence-electron chi connectivity index (χ3n) is 6.65. The van der Waals surface area contributed by atoms with Gasteiger partial charge in [-0.05, 0) is 56.6 Å². The molecule has 7 nitrogen and oxygen atoms in total. The summed E-state index contributed by atoms with van der Waals surface area (Å²) in [4.78, 5) is 16.8. The number of hydrogen-bond acceptors (Lipinski definition) is 5. The lowest BCUT2D eigenvalue weighted by molar-refractivity contribution is 0.270. The number of rotatable bonds is 7. The summed E-state index contributed by atoms with van der Waals surface area (Å²) in [5, 5.41) is 7.07. The van der Waals surface area contributed by atoms with Crippen molar-refractivity contribution in [2.75, 3.05) is 62.2 Å². The zero-order valence-corrected chi connectivity index (χ0v) is 20.4. The molecule has 0 amide bonds. The quantitative estimate of drug-likeness (QED) is 0.501. The highest BCUT2D eigenvalue weighted by atomic mass is 15.3. The van der Waals surface area contributed by atoms with Gasteiger partial charge >= 0.3 is 0 Å². The molecule has 178 valence electrons. The van der Waals surface area contributed by atoms with Gasteiger partial charge in [0.2, 0.25) is 0 Å². The fourth-order valence-electron chi connectivity index (χ4n) is 4.58. The molecule has 2 aliphatic heterocycles. The molecule has 0 spiro atoms. The first-order valence-electron chi connectivity index (χ1n) is 12.4. The van der Waals surface area contributed by atoms with Crippen LogP contribution in [0.2, 0.25) is 0 Å². The minimum absolute atomic E-state index is 0.395. The normalized spacial score (nSPS) is 19.7. The first kappa shape index (κ1) is 23.4. The molecular weight excluding hydrogens is 410 g/mol. The van der Waals surface area contributed by atoms with Crippen LogP contribution in [0.4, 0.5) is 11.5 Å². The average Bonchev–Trinajstić information content (AvgIpc) is 3.32. The number of nitrogens with zero attached hydrogens (tertiary/aromatic N) is 5. The largest absolute Gasteiger partial charge is 0.369 e. The zero-order chi connectivity index (χ0) is 23.0. The molecular formula is C26H39N7. The van der Waals surface area contributed by atoms with Crippen LogP contribution in [0.3, 0.4) is 0 Å². The molecule has 4 rings (SSSR count). The van der Waals surface area contributed by atoms with Gasteiger partial charge in [-0.2, -0.15) is 0 Å². The molecule has 1 unspecified atom stereocenters. The zero-order valence-electron chi connectivity index (χ0n) is 20.4. The maximum absolute atomic E-state index is 4.89. The summed E-state index contributed by atoms with van der Waals surface area (Å²) < 4.78 is 0. The van der Waals surface area contributed by atoms with Crippen molar-refractivity contribution in [3.05, 3.63) is 53.7 Å². The van der Waals surface area contributed by atoms with E-state index in [-0.39, 0.29) is 0 Å². The van der Waals surface area contributed by atoms with Gasteiger partial charge in [0.25, 0.3) is 0 Å². The molecule has 1 aromatic carbocycles. The monoisotopic (exact) mass is 449 g/mol. The highest BCUT2D eigenvalue weighted by Gasteiger charge is 2.23. The Morgan fingerprint density at radius 3 is 2.55 bits per heavy atom. The number of nitrogens with one attached hydrogen (secondary N) is 2. The maximum Gasteiger partial charge on any atom is 0.191 e. The van der Waals surface area contributed by atoms with E-state index in [1.807, 2.05) is 6.20 Å². The summed E-state index contributed by atoms with van der Waals surface area (Å²) in [6, 6.07) is 13.5. The van der Waals surface area contributed by atoms with Crippen LogP contribution in [-0.4, -0.2) is 74.2 Å². The summed E-state index contributed by atoms with van der Waals surface area (Å²) in [5.41, 5.74) is 3.80. The summed E-state index contributed by atoms with van der Waals surface area (Å²) >= 11 is 0. The number of aliphatic imine (C=N–C) groups is 1. The van der Waals surface area contributed by atoms with Crippen LogP contribution in [0, 0.1) is 6.92 Å². The Labute approximate surface area is 198 Å². The minimum Gasteiger partial charge on any atom is -0.369 e. The van der Waals surface area contributed by atoms with Crippen molar-refractivity contribution in [1.29, 1.82) is 0 Å². The van der Waals surface area contributed by atoms with Crippen LogP contribution < -0.4 is 20.4 Å². The Morgan fingerprint density at radius 1 is 1.03 bits per heavy atom. The Bertz CT molecular complexity index is 903. The second-order valence-corrected chi connectivity index (χ2v) is 9.05. The molecule has 3 heterocycles. The Balaban J connectivity index is 1.34. The number of aromatic nitrogens is 1. The molecule has 2 N–H and O–H groups in total. The number of aryl methyl sites for hydroxylation is 1. The number of likely N-dealkylation sites (N-methyl/N-ethyl adjacent to an activating group) is 1. The van der Waals surface area contributed by atoms with E-state index in [0.29, 0.717) is 12.6 Å². The van der Waals surface area contributed by atoms with Gasteiger partial charge in [-0.1, -0.05) is 24.6 Å². The predicted molar refractivity (Wildman–Crippen MR) is 138 cm³/mol. The van der Waals surface area contributed by atoms with Crippen LogP contribution in [-0.2, 0) is 6.54 Å². The number of anilines is 2. The molecule has 0 bridgehead atoms. The molecule has 1 atom stereocenters. The van der Waals surface area contributed by atoms with E-state index in [1.54, 1.807) is 0 Å². The van der Waals surface area contributed by atoms with Crippen molar-refractivity contribution >= 4 is 17.5 Å². The van der Waals surface area contributed by atoms with Crippen molar-refractivity contribution in [1.82, 2.24) is 20.5 Å². The van der Waals surface area contributed by atoms with E-state index < -0.39 is 0 Å². The molecule has 0 saturated carbocycles. The molecule has 7 heteroatoms. The highest BCUT2D eigenvalue weighted by molar-refractivity contribution is 5.80. The molecule has 1 aromatic heterocycles. The van der Waals surface area contributed by atoms with E-state index >= 15 is 0 Å². The summed E-state index contributed by atoms with van der Waals surface area (Å²) in [5.74, 6) is 1.96. The van der Waals surface area contributed by atoms with Crippen LogP contribution in [0.15, 0.2) is 47.6 Å². The number of benzene rings is 1. The van der Waals surface area contributed by atoms with Gasteiger partial charge in [-0.3, -0.25) is 0 Å². The number of piperazine rings is 1. The van der Waals surface area contributed by atoms with Gasteiger partial charge < -0.3 is 25.3 Å². The smallest absolute Gasteiger partial charge is 0.191 e. The minimum atomic E-state index is 0.395. The van der Waals surface area contributed by atoms with Crippen molar-refractivity contribution < 1.29 is 0 Å². The first-order valence-corrected chi connectivity index (χ1v) is 12.4. The van der Waals surface area contributed by atoms with E-state index in [1.165, 1.54) is 16.8 Å². The van der Waals surface area contributed by atoms with E-state index in [9.17, 15) is 0 Å². The van der Waals surface area contributed by atoms with Crippen molar-refractivity contribution in [3.8, 4) is 0 Å². The first-order chi connectivity index (χ1) is 16.1. The van der Waals surface area contributed by atoms with Crippen molar-refractivity contribution in [2.24, 2.45) is 4.99 Å². The lowest BCUT2D eigenvalue weighted by Crippen LogP contribution is -2.46. The SMILES string of the molecule is CCNC(=NCc1ccnc(N2CCN(CC)CC2)c1)NC1CCN(c2ccc(C)cc2)C1. The molecule has 0 aliphatic carbocycles. The van der Waals surface area contributed by atoms with Crippen LogP contribution in [0.5, 0.6) is 0 Å². The molecule has 0 radical (unpaired) electrons. The fraction of sp³-hybridized carbons (Fsp3) is 0.538. The van der Waals surface area contributed by atoms with Crippen LogP contribution >= 0.6 is 0 Å². The standard InChI is InChI=1S/C26H39N7/c1-4-27-26(30-23-11-13-33(20-23)24-8-6-21(3)7-9-24)29-19-22-10-12-28-25(18-22)32-16-14-31(5-2)15-17-32/h6-10,12,18,23H,4-5,11,13-17,19-20H2,1-3H3,(H2,27,29,30). The van der Waals surface area contributed by atoms with Crippen molar-refractivity contribution in [3.63, 3.8) is 0 Å². The lowest BCUT2D eigenvalue weighted by atomic mass is 10.2. The van der Waals surface area contributed by atoms with Gasteiger partial charge in [-0.25, -0.2) is 9.98 Å². The van der Waals surface area contributed by atoms with Gasteiger partial charge in [0, 0.05) is 63.7 Å². The van der Waals surface area contributed by atoms with Gasteiger partial charge in [-0.15, -0.1) is 0 Å². The van der Waals surface area contributed by atoms with Gasteiger partial charge in [0.15, 0.2) is 5.96 Å². The number of hydrogen-bond donors (Lipinski definition) is 2. The molecule has 33 heavy (non-hydrogen) atoms. The lowest BCUT2D eigenvalue weighted by Gasteiger charge is -2.34. The molecule has 2 aromatic rings.